The van der Waals surface area contributed by atoms with E-state index in [-0.39, 0.29) is 17.9 Å². The highest BCUT2D eigenvalue weighted by molar-refractivity contribution is 6.06. The van der Waals surface area contributed by atoms with Crippen molar-refractivity contribution < 1.29 is 4.79 Å². The summed E-state index contributed by atoms with van der Waals surface area (Å²) in [7, 11) is 0. The molecule has 0 saturated heterocycles. The molecule has 3 nitrogen and oxygen atoms in total. The summed E-state index contributed by atoms with van der Waals surface area (Å²) in [6, 6.07) is 19.7. The molecular formula is C21H22N2O. The zero-order valence-electron chi connectivity index (χ0n) is 14.3. The molecule has 1 N–H and O–H groups in total. The van der Waals surface area contributed by atoms with Crippen molar-refractivity contribution >= 4 is 16.8 Å². The first-order valence-corrected chi connectivity index (χ1v) is 8.31. The third-order valence-corrected chi connectivity index (χ3v) is 4.22. The Kier molecular flexibility index (Phi) is 4.61. The van der Waals surface area contributed by atoms with Gasteiger partial charge in [0.2, 0.25) is 0 Å². The van der Waals surface area contributed by atoms with Gasteiger partial charge in [0.15, 0.2) is 0 Å². The van der Waals surface area contributed by atoms with Crippen LogP contribution >= 0.6 is 0 Å². The highest BCUT2D eigenvalue weighted by Crippen LogP contribution is 2.23. The quantitative estimate of drug-likeness (QED) is 0.747. The third kappa shape index (κ3) is 3.30. The normalized spacial score (nSPS) is 12.3. The van der Waals surface area contributed by atoms with E-state index >= 15 is 0 Å². The molecule has 122 valence electrons. The molecule has 0 bridgehead atoms. The highest BCUT2D eigenvalue weighted by Gasteiger charge is 2.16. The average molecular weight is 318 g/mol. The Morgan fingerprint density at radius 3 is 2.33 bits per heavy atom. The fourth-order valence-electron chi connectivity index (χ4n) is 2.78. The zero-order valence-corrected chi connectivity index (χ0v) is 14.3. The van der Waals surface area contributed by atoms with Crippen LogP contribution in [0.1, 0.15) is 54.3 Å². The predicted octanol–water partition coefficient (Wildman–Crippen LogP) is 4.85. The molecule has 1 amide bonds. The molecule has 0 unspecified atom stereocenters. The topological polar surface area (TPSA) is 42.0 Å². The van der Waals surface area contributed by atoms with Crippen LogP contribution in [0, 0.1) is 0 Å². The average Bonchev–Trinajstić information content (AvgIpc) is 2.61. The number of carbonyl (C=O) groups excluding carboxylic acids is 1. The smallest absolute Gasteiger partial charge is 0.252 e. The fourth-order valence-corrected chi connectivity index (χ4v) is 2.78. The minimum Gasteiger partial charge on any atom is -0.345 e. The SMILES string of the molecule is CC(C)c1cc(C(=O)N[C@@H](C)c2ccccc2)c2ccccc2n1. The molecule has 3 heteroatoms. The van der Waals surface area contributed by atoms with Crippen molar-refractivity contribution in [1.29, 1.82) is 0 Å². The lowest BCUT2D eigenvalue weighted by molar-refractivity contribution is 0.0941. The Hall–Kier alpha value is -2.68. The Morgan fingerprint density at radius 1 is 0.958 bits per heavy atom. The second-order valence-corrected chi connectivity index (χ2v) is 6.37. The molecule has 24 heavy (non-hydrogen) atoms. The second kappa shape index (κ2) is 6.83. The molecule has 1 aromatic heterocycles. The van der Waals surface area contributed by atoms with Gasteiger partial charge >= 0.3 is 0 Å². The van der Waals surface area contributed by atoms with Crippen LogP contribution in [0.3, 0.4) is 0 Å². The van der Waals surface area contributed by atoms with Crippen molar-refractivity contribution in [2.24, 2.45) is 0 Å². The van der Waals surface area contributed by atoms with Gasteiger partial charge in [-0.05, 0) is 30.5 Å². The molecule has 0 radical (unpaired) electrons. The number of hydrogen-bond donors (Lipinski definition) is 1. The first kappa shape index (κ1) is 16.2. The number of fused-ring (bicyclic) bond motifs is 1. The van der Waals surface area contributed by atoms with Crippen LogP contribution in [0.25, 0.3) is 10.9 Å². The van der Waals surface area contributed by atoms with Gasteiger partial charge in [-0.2, -0.15) is 0 Å². The van der Waals surface area contributed by atoms with Crippen molar-refractivity contribution in [3.63, 3.8) is 0 Å². The Balaban J connectivity index is 1.97. The number of hydrogen-bond acceptors (Lipinski definition) is 2. The van der Waals surface area contributed by atoms with Crippen LogP contribution in [-0.2, 0) is 0 Å². The summed E-state index contributed by atoms with van der Waals surface area (Å²) in [5, 5.41) is 3.99. The van der Waals surface area contributed by atoms with Gasteiger partial charge in [-0.1, -0.05) is 62.4 Å². The van der Waals surface area contributed by atoms with Gasteiger partial charge in [-0.25, -0.2) is 0 Å². The lowest BCUT2D eigenvalue weighted by atomic mass is 10.0. The summed E-state index contributed by atoms with van der Waals surface area (Å²) in [6.45, 7) is 6.18. The molecule has 1 heterocycles. The Labute approximate surface area is 142 Å². The number of para-hydroxylation sites is 1. The number of nitrogens with zero attached hydrogens (tertiary/aromatic N) is 1. The first-order chi connectivity index (χ1) is 11.6. The minimum atomic E-state index is -0.0631. The summed E-state index contributed by atoms with van der Waals surface area (Å²) >= 11 is 0. The molecule has 3 rings (SSSR count). The number of carbonyl (C=O) groups is 1. The van der Waals surface area contributed by atoms with E-state index in [0.29, 0.717) is 5.56 Å². The standard InChI is InChI=1S/C21H22N2O/c1-14(2)20-13-18(17-11-7-8-12-19(17)23-20)21(24)22-15(3)16-9-5-4-6-10-16/h4-15H,1-3H3,(H,22,24)/t15-/m0/s1. The van der Waals surface area contributed by atoms with E-state index < -0.39 is 0 Å². The number of nitrogens with one attached hydrogen (secondary N) is 1. The number of benzene rings is 2. The van der Waals surface area contributed by atoms with Gasteiger partial charge in [-0.15, -0.1) is 0 Å². The van der Waals surface area contributed by atoms with Crippen LogP contribution < -0.4 is 5.32 Å². The zero-order chi connectivity index (χ0) is 17.1. The maximum absolute atomic E-state index is 12.9. The van der Waals surface area contributed by atoms with Gasteiger partial charge in [-0.3, -0.25) is 9.78 Å². The van der Waals surface area contributed by atoms with Crippen LogP contribution in [0.15, 0.2) is 60.7 Å². The molecule has 0 fully saturated rings. The molecule has 0 saturated carbocycles. The van der Waals surface area contributed by atoms with E-state index in [1.807, 2.05) is 67.6 Å². The van der Waals surface area contributed by atoms with Crippen molar-refractivity contribution in [2.75, 3.05) is 0 Å². The molecular weight excluding hydrogens is 296 g/mol. The largest absolute Gasteiger partial charge is 0.345 e. The van der Waals surface area contributed by atoms with E-state index in [4.69, 9.17) is 0 Å². The molecule has 1 atom stereocenters. The number of rotatable bonds is 4. The molecule has 0 aliphatic carbocycles. The number of aromatic nitrogens is 1. The molecule has 0 spiro atoms. The lowest BCUT2D eigenvalue weighted by Gasteiger charge is -2.16. The predicted molar refractivity (Wildman–Crippen MR) is 98.2 cm³/mol. The van der Waals surface area contributed by atoms with E-state index in [1.54, 1.807) is 0 Å². The minimum absolute atomic E-state index is 0.0480. The van der Waals surface area contributed by atoms with Crippen molar-refractivity contribution in [2.45, 2.75) is 32.7 Å². The van der Waals surface area contributed by atoms with Crippen molar-refractivity contribution in [3.05, 3.63) is 77.5 Å². The number of amides is 1. The first-order valence-electron chi connectivity index (χ1n) is 8.31. The second-order valence-electron chi connectivity index (χ2n) is 6.37. The van der Waals surface area contributed by atoms with Gasteiger partial charge in [0.05, 0.1) is 17.1 Å². The summed E-state index contributed by atoms with van der Waals surface area (Å²) in [5.41, 5.74) is 3.58. The van der Waals surface area contributed by atoms with Crippen LogP contribution in [0.2, 0.25) is 0 Å². The molecule has 0 aliphatic rings. The van der Waals surface area contributed by atoms with Crippen molar-refractivity contribution in [1.82, 2.24) is 10.3 Å². The Morgan fingerprint density at radius 2 is 1.62 bits per heavy atom. The van der Waals surface area contributed by atoms with Gasteiger partial charge in [0.25, 0.3) is 5.91 Å². The summed E-state index contributed by atoms with van der Waals surface area (Å²) in [6.07, 6.45) is 0. The summed E-state index contributed by atoms with van der Waals surface area (Å²) in [5.74, 6) is 0.208. The van der Waals surface area contributed by atoms with E-state index in [0.717, 1.165) is 22.2 Å². The van der Waals surface area contributed by atoms with Crippen LogP contribution in [0.5, 0.6) is 0 Å². The third-order valence-electron chi connectivity index (χ3n) is 4.22. The highest BCUT2D eigenvalue weighted by atomic mass is 16.1. The molecule has 0 aliphatic heterocycles. The van der Waals surface area contributed by atoms with E-state index in [9.17, 15) is 4.79 Å². The molecule has 2 aromatic carbocycles. The van der Waals surface area contributed by atoms with E-state index in [1.165, 1.54) is 0 Å². The number of pyridine rings is 1. The monoisotopic (exact) mass is 318 g/mol. The molecule has 3 aromatic rings. The Bertz CT molecular complexity index is 856. The summed E-state index contributed by atoms with van der Waals surface area (Å²) in [4.78, 5) is 17.6. The van der Waals surface area contributed by atoms with Gasteiger partial charge < -0.3 is 5.32 Å². The van der Waals surface area contributed by atoms with Gasteiger partial charge in [0, 0.05) is 11.1 Å². The van der Waals surface area contributed by atoms with Gasteiger partial charge in [0.1, 0.15) is 0 Å². The summed E-state index contributed by atoms with van der Waals surface area (Å²) < 4.78 is 0. The lowest BCUT2D eigenvalue weighted by Crippen LogP contribution is -2.27. The van der Waals surface area contributed by atoms with Crippen LogP contribution in [0.4, 0.5) is 0 Å². The maximum atomic E-state index is 12.9. The maximum Gasteiger partial charge on any atom is 0.252 e. The van der Waals surface area contributed by atoms with Crippen LogP contribution in [-0.4, -0.2) is 10.9 Å². The fraction of sp³-hybridized carbons (Fsp3) is 0.238. The van der Waals surface area contributed by atoms with E-state index in [2.05, 4.69) is 24.1 Å². The van der Waals surface area contributed by atoms with Crippen molar-refractivity contribution in [3.8, 4) is 0 Å².